The van der Waals surface area contributed by atoms with Gasteiger partial charge in [-0.1, -0.05) is 18.2 Å². The predicted octanol–water partition coefficient (Wildman–Crippen LogP) is 6.32. The first-order chi connectivity index (χ1) is 14.6. The SMILES string of the molecule is CCOc1ccc(/C=C/C(=O)Nc2ccc(-c3nc4ccc(C)cc4s3)cc2)cc1. The lowest BCUT2D eigenvalue weighted by Crippen LogP contribution is -2.07. The van der Waals surface area contributed by atoms with Crippen LogP contribution >= 0.6 is 11.3 Å². The zero-order chi connectivity index (χ0) is 20.9. The van der Waals surface area contributed by atoms with Crippen LogP contribution in [-0.2, 0) is 4.79 Å². The molecule has 0 radical (unpaired) electrons. The molecule has 1 heterocycles. The monoisotopic (exact) mass is 414 g/mol. The van der Waals surface area contributed by atoms with E-state index in [4.69, 9.17) is 9.72 Å². The number of nitrogens with one attached hydrogen (secondary N) is 1. The Morgan fingerprint density at radius 3 is 2.57 bits per heavy atom. The van der Waals surface area contributed by atoms with E-state index >= 15 is 0 Å². The lowest BCUT2D eigenvalue weighted by molar-refractivity contribution is -0.111. The third-order valence-corrected chi connectivity index (χ3v) is 5.63. The second-order valence-electron chi connectivity index (χ2n) is 6.89. The van der Waals surface area contributed by atoms with Gasteiger partial charge in [-0.2, -0.15) is 0 Å². The third kappa shape index (κ3) is 4.75. The maximum absolute atomic E-state index is 12.2. The number of fused-ring (bicyclic) bond motifs is 1. The molecule has 0 aliphatic rings. The lowest BCUT2D eigenvalue weighted by atomic mass is 10.2. The van der Waals surface area contributed by atoms with E-state index in [1.807, 2.05) is 55.5 Å². The molecule has 150 valence electrons. The van der Waals surface area contributed by atoms with Crippen LogP contribution in [0.15, 0.2) is 72.8 Å². The van der Waals surface area contributed by atoms with Crippen molar-refractivity contribution in [2.24, 2.45) is 0 Å². The minimum absolute atomic E-state index is 0.174. The summed E-state index contributed by atoms with van der Waals surface area (Å²) in [5.41, 5.74) is 4.97. The normalized spacial score (nSPS) is 11.1. The zero-order valence-electron chi connectivity index (χ0n) is 16.9. The van der Waals surface area contributed by atoms with Gasteiger partial charge in [-0.05, 0) is 79.6 Å². The van der Waals surface area contributed by atoms with E-state index in [0.29, 0.717) is 6.61 Å². The van der Waals surface area contributed by atoms with Crippen LogP contribution < -0.4 is 10.1 Å². The molecule has 0 spiro atoms. The molecule has 1 amide bonds. The number of aromatic nitrogens is 1. The van der Waals surface area contributed by atoms with Gasteiger partial charge in [0.05, 0.1) is 16.8 Å². The molecule has 1 N–H and O–H groups in total. The molecule has 0 bridgehead atoms. The summed E-state index contributed by atoms with van der Waals surface area (Å²) in [6.45, 7) is 4.67. The number of thiazole rings is 1. The van der Waals surface area contributed by atoms with Gasteiger partial charge in [0.2, 0.25) is 5.91 Å². The molecule has 0 atom stereocenters. The van der Waals surface area contributed by atoms with Crippen molar-refractivity contribution in [1.82, 2.24) is 4.98 Å². The fourth-order valence-corrected chi connectivity index (χ4v) is 4.12. The molecular formula is C25H22N2O2S. The highest BCUT2D eigenvalue weighted by Crippen LogP contribution is 2.31. The number of benzene rings is 3. The van der Waals surface area contributed by atoms with E-state index in [9.17, 15) is 4.79 Å². The van der Waals surface area contributed by atoms with Crippen LogP contribution in [-0.4, -0.2) is 17.5 Å². The molecule has 0 fully saturated rings. The summed E-state index contributed by atoms with van der Waals surface area (Å²) in [4.78, 5) is 16.9. The Morgan fingerprint density at radius 2 is 1.83 bits per heavy atom. The van der Waals surface area contributed by atoms with Crippen LogP contribution in [0.4, 0.5) is 5.69 Å². The highest BCUT2D eigenvalue weighted by atomic mass is 32.1. The van der Waals surface area contributed by atoms with Crippen molar-refractivity contribution < 1.29 is 9.53 Å². The van der Waals surface area contributed by atoms with Crippen molar-refractivity contribution in [2.75, 3.05) is 11.9 Å². The second kappa shape index (κ2) is 8.93. The van der Waals surface area contributed by atoms with Crippen molar-refractivity contribution in [3.05, 3.63) is 83.9 Å². The van der Waals surface area contributed by atoms with Gasteiger partial charge in [-0.25, -0.2) is 4.98 Å². The Hall–Kier alpha value is -3.44. The largest absolute Gasteiger partial charge is 0.494 e. The summed E-state index contributed by atoms with van der Waals surface area (Å²) >= 11 is 1.68. The molecule has 5 heteroatoms. The number of carbonyl (C=O) groups is 1. The molecule has 4 nitrogen and oxygen atoms in total. The molecule has 0 saturated heterocycles. The Kier molecular flexibility index (Phi) is 5.91. The van der Waals surface area contributed by atoms with Gasteiger partial charge in [-0.3, -0.25) is 4.79 Å². The first-order valence-corrected chi connectivity index (χ1v) is 10.6. The summed E-state index contributed by atoms with van der Waals surface area (Å²) in [6, 6.07) is 21.7. The second-order valence-corrected chi connectivity index (χ2v) is 7.92. The molecule has 4 rings (SSSR count). The number of hydrogen-bond donors (Lipinski definition) is 1. The Morgan fingerprint density at radius 1 is 1.07 bits per heavy atom. The molecule has 0 aliphatic heterocycles. The van der Waals surface area contributed by atoms with E-state index in [-0.39, 0.29) is 5.91 Å². The summed E-state index contributed by atoms with van der Waals surface area (Å²) in [5, 5.41) is 3.86. The standard InChI is InChI=1S/C25H22N2O2S/c1-3-29-21-12-5-18(6-13-21)7-15-24(28)26-20-10-8-19(9-11-20)25-27-22-14-4-17(2)16-23(22)30-25/h4-16H,3H2,1-2H3,(H,26,28)/b15-7+. The van der Waals surface area contributed by atoms with E-state index in [2.05, 4.69) is 30.4 Å². The number of anilines is 1. The molecule has 0 saturated carbocycles. The van der Waals surface area contributed by atoms with Crippen molar-refractivity contribution in [1.29, 1.82) is 0 Å². The molecule has 3 aromatic carbocycles. The summed E-state index contributed by atoms with van der Waals surface area (Å²) in [7, 11) is 0. The molecule has 30 heavy (non-hydrogen) atoms. The fraction of sp³-hybridized carbons (Fsp3) is 0.120. The van der Waals surface area contributed by atoms with Gasteiger partial charge in [0, 0.05) is 17.3 Å². The number of nitrogens with zero attached hydrogens (tertiary/aromatic N) is 1. The van der Waals surface area contributed by atoms with Gasteiger partial charge in [0.15, 0.2) is 0 Å². The minimum Gasteiger partial charge on any atom is -0.494 e. The van der Waals surface area contributed by atoms with Crippen molar-refractivity contribution in [3.8, 4) is 16.3 Å². The first kappa shape index (κ1) is 19.9. The molecule has 0 unspecified atom stereocenters. The Balaban J connectivity index is 1.40. The average molecular weight is 415 g/mol. The van der Waals surface area contributed by atoms with E-state index < -0.39 is 0 Å². The molecule has 1 aromatic heterocycles. The van der Waals surface area contributed by atoms with Crippen LogP contribution in [0.3, 0.4) is 0 Å². The Labute approximate surface area is 179 Å². The number of aryl methyl sites for hydroxylation is 1. The van der Waals surface area contributed by atoms with Gasteiger partial charge < -0.3 is 10.1 Å². The number of carbonyl (C=O) groups excluding carboxylic acids is 1. The number of ether oxygens (including phenoxy) is 1. The predicted molar refractivity (Wildman–Crippen MR) is 125 cm³/mol. The van der Waals surface area contributed by atoms with Gasteiger partial charge in [0.1, 0.15) is 10.8 Å². The highest BCUT2D eigenvalue weighted by molar-refractivity contribution is 7.21. The van der Waals surface area contributed by atoms with Gasteiger partial charge in [-0.15, -0.1) is 11.3 Å². The van der Waals surface area contributed by atoms with E-state index in [1.54, 1.807) is 17.4 Å². The van der Waals surface area contributed by atoms with Crippen molar-refractivity contribution >= 4 is 39.2 Å². The molecule has 4 aromatic rings. The maximum atomic E-state index is 12.2. The topological polar surface area (TPSA) is 51.2 Å². The highest BCUT2D eigenvalue weighted by Gasteiger charge is 2.07. The summed E-state index contributed by atoms with van der Waals surface area (Å²) in [5.74, 6) is 0.648. The van der Waals surface area contributed by atoms with E-state index in [0.717, 1.165) is 33.1 Å². The quantitative estimate of drug-likeness (QED) is 0.376. The van der Waals surface area contributed by atoms with Crippen molar-refractivity contribution in [2.45, 2.75) is 13.8 Å². The maximum Gasteiger partial charge on any atom is 0.248 e. The Bertz CT molecular complexity index is 1190. The van der Waals surface area contributed by atoms with Crippen LogP contribution in [0.25, 0.3) is 26.9 Å². The zero-order valence-corrected chi connectivity index (χ0v) is 17.7. The van der Waals surface area contributed by atoms with Gasteiger partial charge >= 0.3 is 0 Å². The molecule has 0 aliphatic carbocycles. The minimum atomic E-state index is -0.174. The van der Waals surface area contributed by atoms with Crippen LogP contribution in [0.5, 0.6) is 5.75 Å². The smallest absolute Gasteiger partial charge is 0.248 e. The average Bonchev–Trinajstić information content (AvgIpc) is 3.17. The first-order valence-electron chi connectivity index (χ1n) is 9.80. The van der Waals surface area contributed by atoms with Crippen LogP contribution in [0.2, 0.25) is 0 Å². The summed E-state index contributed by atoms with van der Waals surface area (Å²) < 4.78 is 6.60. The van der Waals surface area contributed by atoms with Crippen LogP contribution in [0.1, 0.15) is 18.1 Å². The number of amides is 1. The van der Waals surface area contributed by atoms with Gasteiger partial charge in [0.25, 0.3) is 0 Å². The fourth-order valence-electron chi connectivity index (χ4n) is 3.05. The number of hydrogen-bond acceptors (Lipinski definition) is 4. The number of rotatable bonds is 6. The van der Waals surface area contributed by atoms with Crippen LogP contribution in [0, 0.1) is 6.92 Å². The lowest BCUT2D eigenvalue weighted by Gasteiger charge is -2.04. The summed E-state index contributed by atoms with van der Waals surface area (Å²) in [6.07, 6.45) is 3.31. The van der Waals surface area contributed by atoms with Crippen molar-refractivity contribution in [3.63, 3.8) is 0 Å². The third-order valence-electron chi connectivity index (χ3n) is 4.56. The van der Waals surface area contributed by atoms with E-state index in [1.165, 1.54) is 16.3 Å². The molecular weight excluding hydrogens is 392 g/mol.